The van der Waals surface area contributed by atoms with E-state index in [1.807, 2.05) is 16.9 Å². The van der Waals surface area contributed by atoms with Gasteiger partial charge in [0.2, 0.25) is 0 Å². The zero-order valence-corrected chi connectivity index (χ0v) is 14.2. The van der Waals surface area contributed by atoms with Crippen molar-refractivity contribution in [3.05, 3.63) is 40.4 Å². The number of pyridine rings is 1. The van der Waals surface area contributed by atoms with Gasteiger partial charge in [-0.3, -0.25) is 9.67 Å². The first-order chi connectivity index (χ1) is 10.2. The van der Waals surface area contributed by atoms with Gasteiger partial charge >= 0.3 is 0 Å². The molecule has 0 aliphatic carbocycles. The van der Waals surface area contributed by atoms with E-state index in [0.717, 1.165) is 41.0 Å². The summed E-state index contributed by atoms with van der Waals surface area (Å²) in [4.78, 5) is 4.14. The summed E-state index contributed by atoms with van der Waals surface area (Å²) < 4.78 is 8.46. The van der Waals surface area contributed by atoms with E-state index in [9.17, 15) is 0 Å². The number of aromatic nitrogens is 3. The maximum Gasteiger partial charge on any atom is 0.142 e. The van der Waals surface area contributed by atoms with E-state index in [1.54, 1.807) is 19.5 Å². The van der Waals surface area contributed by atoms with Gasteiger partial charge in [0.1, 0.15) is 5.75 Å². The van der Waals surface area contributed by atoms with Crippen molar-refractivity contribution in [1.82, 2.24) is 20.1 Å². The average molecular weight is 353 g/mol. The molecule has 0 bridgehead atoms. The van der Waals surface area contributed by atoms with E-state index in [4.69, 9.17) is 4.74 Å². The number of hydrogen-bond acceptors (Lipinski definition) is 4. The van der Waals surface area contributed by atoms with Crippen molar-refractivity contribution in [3.8, 4) is 5.75 Å². The highest BCUT2D eigenvalue weighted by Crippen LogP contribution is 2.33. The second kappa shape index (κ2) is 7.56. The van der Waals surface area contributed by atoms with Crippen LogP contribution in [0.2, 0.25) is 0 Å². The summed E-state index contributed by atoms with van der Waals surface area (Å²) >= 11 is 3.61. The Hall–Kier alpha value is -1.40. The van der Waals surface area contributed by atoms with Crippen molar-refractivity contribution in [2.24, 2.45) is 0 Å². The van der Waals surface area contributed by atoms with Gasteiger partial charge in [-0.25, -0.2) is 0 Å². The summed E-state index contributed by atoms with van der Waals surface area (Å²) in [6.07, 6.45) is 6.43. The van der Waals surface area contributed by atoms with Gasteiger partial charge < -0.3 is 10.1 Å². The fourth-order valence-electron chi connectivity index (χ4n) is 2.35. The number of rotatable bonds is 7. The fourth-order valence-corrected chi connectivity index (χ4v) is 2.88. The monoisotopic (exact) mass is 352 g/mol. The smallest absolute Gasteiger partial charge is 0.142 e. The highest BCUT2D eigenvalue weighted by atomic mass is 79.9. The maximum absolute atomic E-state index is 5.47. The van der Waals surface area contributed by atoms with Crippen LogP contribution in [0.15, 0.2) is 29.1 Å². The lowest BCUT2D eigenvalue weighted by atomic mass is 10.0. The molecule has 0 aromatic carbocycles. The van der Waals surface area contributed by atoms with Crippen LogP contribution < -0.4 is 10.1 Å². The number of nitrogens with zero attached hydrogens (tertiary/aromatic N) is 3. The maximum atomic E-state index is 5.47. The highest BCUT2D eigenvalue weighted by molar-refractivity contribution is 9.10. The van der Waals surface area contributed by atoms with Crippen LogP contribution in [0, 0.1) is 0 Å². The molecule has 0 saturated heterocycles. The molecule has 21 heavy (non-hydrogen) atoms. The van der Waals surface area contributed by atoms with Crippen molar-refractivity contribution < 1.29 is 4.74 Å². The van der Waals surface area contributed by atoms with Crippen molar-refractivity contribution in [3.63, 3.8) is 0 Å². The average Bonchev–Trinajstić information content (AvgIpc) is 2.89. The first-order valence-electron chi connectivity index (χ1n) is 7.15. The summed E-state index contributed by atoms with van der Waals surface area (Å²) in [5.74, 6) is 0.779. The summed E-state index contributed by atoms with van der Waals surface area (Å²) in [5.41, 5.74) is 2.17. The fraction of sp³-hybridized carbons (Fsp3) is 0.467. The molecule has 114 valence electrons. The highest BCUT2D eigenvalue weighted by Gasteiger charge is 2.23. The Labute approximate surface area is 133 Å². The molecule has 2 heterocycles. The normalized spacial score (nSPS) is 12.4. The molecule has 0 fully saturated rings. The molecular formula is C15H21BrN4O. The van der Waals surface area contributed by atoms with Crippen molar-refractivity contribution in [2.75, 3.05) is 13.7 Å². The quantitative estimate of drug-likeness (QED) is 0.831. The molecule has 1 unspecified atom stereocenters. The van der Waals surface area contributed by atoms with E-state index in [1.165, 1.54) is 0 Å². The minimum atomic E-state index is 0.0136. The molecule has 0 saturated carbocycles. The number of ether oxygens (including phenoxy) is 1. The van der Waals surface area contributed by atoms with Gasteiger partial charge in [0, 0.05) is 18.3 Å². The molecule has 2 rings (SSSR count). The Balaban J connectivity index is 2.50. The number of nitrogens with one attached hydrogen (secondary N) is 1. The van der Waals surface area contributed by atoms with Gasteiger partial charge in [-0.05, 0) is 41.9 Å². The molecule has 0 amide bonds. The molecule has 1 N–H and O–H groups in total. The molecule has 0 aliphatic rings. The molecular weight excluding hydrogens is 332 g/mol. The van der Waals surface area contributed by atoms with Crippen LogP contribution in [0.5, 0.6) is 5.75 Å². The number of methoxy groups -OCH3 is 1. The lowest BCUT2D eigenvalue weighted by Gasteiger charge is -2.22. The molecule has 2 aromatic heterocycles. The molecule has 1 atom stereocenters. The summed E-state index contributed by atoms with van der Waals surface area (Å²) in [6.45, 7) is 5.97. The lowest BCUT2D eigenvalue weighted by molar-refractivity contribution is 0.399. The molecule has 6 heteroatoms. The first kappa shape index (κ1) is 16.0. The minimum absolute atomic E-state index is 0.0136. The number of hydrogen-bond donors (Lipinski definition) is 1. The van der Waals surface area contributed by atoms with Gasteiger partial charge in [0.25, 0.3) is 0 Å². The Kier molecular flexibility index (Phi) is 5.76. The standard InChI is InChI=1S/C15H21BrN4O/c1-4-7-18-14(11-6-8-17-10-13(11)21-3)15-12(16)9-19-20(15)5-2/h6,8-10,14,18H,4-5,7H2,1-3H3. The Morgan fingerprint density at radius 1 is 1.38 bits per heavy atom. The number of halogens is 1. The van der Waals surface area contributed by atoms with Crippen LogP contribution in [0.4, 0.5) is 0 Å². The molecule has 0 spiro atoms. The largest absolute Gasteiger partial charge is 0.495 e. The summed E-state index contributed by atoms with van der Waals surface area (Å²) in [5, 5.41) is 8.00. The zero-order chi connectivity index (χ0) is 15.2. The van der Waals surface area contributed by atoms with Crippen LogP contribution in [0.3, 0.4) is 0 Å². The van der Waals surface area contributed by atoms with Gasteiger partial charge in [-0.1, -0.05) is 6.92 Å². The van der Waals surface area contributed by atoms with Crippen LogP contribution >= 0.6 is 15.9 Å². The van der Waals surface area contributed by atoms with Crippen molar-refractivity contribution in [1.29, 1.82) is 0 Å². The lowest BCUT2D eigenvalue weighted by Crippen LogP contribution is -2.26. The van der Waals surface area contributed by atoms with Gasteiger partial charge in [0.05, 0.1) is 35.7 Å². The van der Waals surface area contributed by atoms with E-state index in [-0.39, 0.29) is 6.04 Å². The van der Waals surface area contributed by atoms with Gasteiger partial charge in [0.15, 0.2) is 0 Å². The summed E-state index contributed by atoms with van der Waals surface area (Å²) in [7, 11) is 1.67. The third kappa shape index (κ3) is 3.44. The molecule has 5 nitrogen and oxygen atoms in total. The predicted octanol–water partition coefficient (Wildman–Crippen LogP) is 3.16. The zero-order valence-electron chi connectivity index (χ0n) is 12.6. The minimum Gasteiger partial charge on any atom is -0.495 e. The van der Waals surface area contributed by atoms with E-state index >= 15 is 0 Å². The Bertz CT molecular complexity index is 585. The van der Waals surface area contributed by atoms with Crippen molar-refractivity contribution >= 4 is 15.9 Å². The SMILES string of the molecule is CCCNC(c1ccncc1OC)c1c(Br)cnn1CC. The predicted molar refractivity (Wildman–Crippen MR) is 86.5 cm³/mol. The van der Waals surface area contributed by atoms with Crippen molar-refractivity contribution in [2.45, 2.75) is 32.9 Å². The van der Waals surface area contributed by atoms with E-state index < -0.39 is 0 Å². The third-order valence-electron chi connectivity index (χ3n) is 3.35. The number of aryl methyl sites for hydroxylation is 1. The second-order valence-electron chi connectivity index (χ2n) is 4.70. The van der Waals surface area contributed by atoms with Gasteiger partial charge in [-0.15, -0.1) is 0 Å². The van der Waals surface area contributed by atoms with Crippen LogP contribution in [-0.4, -0.2) is 28.4 Å². The van der Waals surface area contributed by atoms with E-state index in [0.29, 0.717) is 0 Å². The molecule has 0 radical (unpaired) electrons. The van der Waals surface area contributed by atoms with E-state index in [2.05, 4.69) is 45.2 Å². The first-order valence-corrected chi connectivity index (χ1v) is 7.94. The van der Waals surface area contributed by atoms with Crippen LogP contribution in [0.1, 0.15) is 37.6 Å². The third-order valence-corrected chi connectivity index (χ3v) is 3.96. The molecule has 0 aliphatic heterocycles. The second-order valence-corrected chi connectivity index (χ2v) is 5.55. The van der Waals surface area contributed by atoms with Crippen LogP contribution in [-0.2, 0) is 6.54 Å². The van der Waals surface area contributed by atoms with Crippen LogP contribution in [0.25, 0.3) is 0 Å². The topological polar surface area (TPSA) is 52.0 Å². The Morgan fingerprint density at radius 2 is 2.19 bits per heavy atom. The molecule has 2 aromatic rings. The van der Waals surface area contributed by atoms with Gasteiger partial charge in [-0.2, -0.15) is 5.10 Å². The summed E-state index contributed by atoms with van der Waals surface area (Å²) in [6, 6.07) is 2.01. The Morgan fingerprint density at radius 3 is 2.86 bits per heavy atom.